The van der Waals surface area contributed by atoms with Crippen molar-refractivity contribution in [3.8, 4) is 5.75 Å². The molecule has 6 nitrogen and oxygen atoms in total. The maximum Gasteiger partial charge on any atom is 0.573 e. The molecule has 0 saturated carbocycles. The standard InChI is InChI=1S/C17H13F3N4O2/c1-10-15-16(25)23(11-6-8-12(9-7-11)26-17(18,19)20)22-24(15)14-5-3-2-4-13(14)21-10/h2-9,21-22H,1H3. The fourth-order valence-electron chi connectivity index (χ4n) is 2.91. The molecule has 9 heteroatoms. The first kappa shape index (κ1) is 16.3. The molecule has 2 aliphatic heterocycles. The zero-order chi connectivity index (χ0) is 18.5. The van der Waals surface area contributed by atoms with E-state index >= 15 is 0 Å². The topological polar surface area (TPSA) is 56.8 Å². The van der Waals surface area contributed by atoms with Crippen molar-refractivity contribution in [2.24, 2.45) is 0 Å². The Kier molecular flexibility index (Phi) is 3.55. The number of nitrogens with zero attached hydrogens (tertiary/aromatic N) is 2. The Morgan fingerprint density at radius 2 is 1.69 bits per heavy atom. The lowest BCUT2D eigenvalue weighted by Crippen LogP contribution is -2.41. The maximum absolute atomic E-state index is 12.8. The summed E-state index contributed by atoms with van der Waals surface area (Å²) in [7, 11) is 0. The van der Waals surface area contributed by atoms with Gasteiger partial charge in [-0.2, -0.15) is 0 Å². The molecule has 2 heterocycles. The minimum Gasteiger partial charge on any atom is -0.406 e. The molecule has 1 saturated heterocycles. The van der Waals surface area contributed by atoms with Crippen LogP contribution in [0.5, 0.6) is 5.75 Å². The molecule has 0 aromatic heterocycles. The predicted octanol–water partition coefficient (Wildman–Crippen LogP) is 3.52. The van der Waals surface area contributed by atoms with Crippen LogP contribution in [0.25, 0.3) is 0 Å². The second-order valence-electron chi connectivity index (χ2n) is 5.73. The summed E-state index contributed by atoms with van der Waals surface area (Å²) in [4.78, 5) is 12.8. The quantitative estimate of drug-likeness (QED) is 0.856. The van der Waals surface area contributed by atoms with Crippen LogP contribution in [-0.2, 0) is 4.79 Å². The van der Waals surface area contributed by atoms with Crippen LogP contribution in [0.4, 0.5) is 30.2 Å². The van der Waals surface area contributed by atoms with Gasteiger partial charge in [-0.05, 0) is 43.3 Å². The number of fused-ring (bicyclic) bond motifs is 3. The molecule has 0 atom stereocenters. The Morgan fingerprint density at radius 3 is 2.38 bits per heavy atom. The number of carbonyl (C=O) groups excluding carboxylic acids is 1. The Bertz CT molecular complexity index is 909. The summed E-state index contributed by atoms with van der Waals surface area (Å²) < 4.78 is 40.7. The Labute approximate surface area is 146 Å². The molecular formula is C17H13F3N4O2. The van der Waals surface area contributed by atoms with E-state index in [-0.39, 0.29) is 11.7 Å². The highest BCUT2D eigenvalue weighted by molar-refractivity contribution is 6.12. The van der Waals surface area contributed by atoms with E-state index in [1.165, 1.54) is 17.1 Å². The number of nitrogens with one attached hydrogen (secondary N) is 2. The van der Waals surface area contributed by atoms with E-state index < -0.39 is 6.36 Å². The zero-order valence-corrected chi connectivity index (χ0v) is 13.5. The number of carbonyl (C=O) groups is 1. The highest BCUT2D eigenvalue weighted by atomic mass is 19.4. The van der Waals surface area contributed by atoms with Crippen LogP contribution >= 0.6 is 0 Å². The third-order valence-electron chi connectivity index (χ3n) is 3.98. The summed E-state index contributed by atoms with van der Waals surface area (Å²) in [5.74, 6) is -0.679. The van der Waals surface area contributed by atoms with Gasteiger partial charge in [-0.1, -0.05) is 12.1 Å². The Morgan fingerprint density at radius 1 is 1.00 bits per heavy atom. The second-order valence-corrected chi connectivity index (χ2v) is 5.73. The maximum atomic E-state index is 12.8. The summed E-state index contributed by atoms with van der Waals surface area (Å²) in [6.07, 6.45) is -4.76. The molecule has 1 fully saturated rings. The van der Waals surface area contributed by atoms with E-state index in [9.17, 15) is 18.0 Å². The number of benzene rings is 2. The van der Waals surface area contributed by atoms with E-state index in [1.54, 1.807) is 11.9 Å². The lowest BCUT2D eigenvalue weighted by atomic mass is 10.1. The van der Waals surface area contributed by atoms with E-state index in [2.05, 4.69) is 15.6 Å². The predicted molar refractivity (Wildman–Crippen MR) is 89.0 cm³/mol. The number of rotatable bonds is 2. The summed E-state index contributed by atoms with van der Waals surface area (Å²) in [6, 6.07) is 12.5. The number of allylic oxidation sites excluding steroid dienone is 1. The first-order chi connectivity index (χ1) is 12.3. The molecule has 0 aliphatic carbocycles. The number of amides is 1. The number of halogens is 3. The summed E-state index contributed by atoms with van der Waals surface area (Å²) in [5, 5.41) is 6.08. The lowest BCUT2D eigenvalue weighted by Gasteiger charge is -2.28. The van der Waals surface area contributed by atoms with Crippen molar-refractivity contribution in [3.63, 3.8) is 0 Å². The molecular weight excluding hydrogens is 349 g/mol. The van der Waals surface area contributed by atoms with Crippen molar-refractivity contribution in [1.82, 2.24) is 5.53 Å². The number of alkyl halides is 3. The van der Waals surface area contributed by atoms with E-state index in [0.717, 1.165) is 23.5 Å². The summed E-state index contributed by atoms with van der Waals surface area (Å²) >= 11 is 0. The first-order valence-corrected chi connectivity index (χ1v) is 7.67. The number of anilines is 3. The SMILES string of the molecule is CC1=C2C(=O)N(c3ccc(OC(F)(F)F)cc3)NN2c2ccccc2N1. The molecule has 0 unspecified atom stereocenters. The molecule has 2 aromatic rings. The summed E-state index contributed by atoms with van der Waals surface area (Å²) in [5.41, 5.74) is 6.04. The zero-order valence-electron chi connectivity index (χ0n) is 13.5. The van der Waals surface area contributed by atoms with Crippen LogP contribution in [0.2, 0.25) is 0 Å². The van der Waals surface area contributed by atoms with Gasteiger partial charge in [-0.15, -0.1) is 18.7 Å². The highest BCUT2D eigenvalue weighted by Crippen LogP contribution is 2.38. The number of hydrazine groups is 2. The molecule has 0 radical (unpaired) electrons. The van der Waals surface area contributed by atoms with Crippen molar-refractivity contribution in [3.05, 3.63) is 59.9 Å². The minimum atomic E-state index is -4.76. The van der Waals surface area contributed by atoms with Crippen molar-refractivity contribution < 1.29 is 22.7 Å². The largest absolute Gasteiger partial charge is 0.573 e. The van der Waals surface area contributed by atoms with Crippen LogP contribution in [0.1, 0.15) is 6.92 Å². The molecule has 26 heavy (non-hydrogen) atoms. The molecule has 2 aliphatic rings. The van der Waals surface area contributed by atoms with Crippen LogP contribution in [-0.4, -0.2) is 12.3 Å². The average molecular weight is 362 g/mol. The van der Waals surface area contributed by atoms with E-state index in [1.807, 2.05) is 24.3 Å². The average Bonchev–Trinajstić information content (AvgIpc) is 2.93. The number of hydrogen-bond acceptors (Lipinski definition) is 5. The van der Waals surface area contributed by atoms with Gasteiger partial charge < -0.3 is 10.1 Å². The van der Waals surface area contributed by atoms with Gasteiger partial charge in [-0.3, -0.25) is 4.79 Å². The second kappa shape index (κ2) is 5.67. The van der Waals surface area contributed by atoms with Gasteiger partial charge in [0.05, 0.1) is 17.1 Å². The minimum absolute atomic E-state index is 0.325. The third kappa shape index (κ3) is 2.72. The van der Waals surface area contributed by atoms with Gasteiger partial charge in [-0.25, -0.2) is 10.0 Å². The fraction of sp³-hybridized carbons (Fsp3) is 0.118. The fourth-order valence-corrected chi connectivity index (χ4v) is 2.91. The Balaban J connectivity index is 1.64. The summed E-state index contributed by atoms with van der Waals surface area (Å²) in [6.45, 7) is 1.78. The normalized spacial score (nSPS) is 16.4. The molecule has 1 amide bonds. The van der Waals surface area contributed by atoms with Crippen LogP contribution in [0.15, 0.2) is 59.9 Å². The van der Waals surface area contributed by atoms with Gasteiger partial charge >= 0.3 is 6.36 Å². The van der Waals surface area contributed by atoms with Gasteiger partial charge in [0.25, 0.3) is 5.91 Å². The molecule has 0 spiro atoms. The van der Waals surface area contributed by atoms with Crippen LogP contribution in [0.3, 0.4) is 0 Å². The molecule has 2 N–H and O–H groups in total. The van der Waals surface area contributed by atoms with Gasteiger partial charge in [0.15, 0.2) is 0 Å². The van der Waals surface area contributed by atoms with Crippen LogP contribution < -0.4 is 25.6 Å². The smallest absolute Gasteiger partial charge is 0.406 e. The van der Waals surface area contributed by atoms with E-state index in [0.29, 0.717) is 17.1 Å². The molecule has 4 rings (SSSR count). The van der Waals surface area contributed by atoms with Crippen LogP contribution in [0, 0.1) is 0 Å². The Hall–Kier alpha value is -3.20. The van der Waals surface area contributed by atoms with Gasteiger partial charge in [0.2, 0.25) is 0 Å². The third-order valence-corrected chi connectivity index (χ3v) is 3.98. The number of ether oxygens (including phenoxy) is 1. The number of para-hydroxylation sites is 2. The monoisotopic (exact) mass is 362 g/mol. The molecule has 0 bridgehead atoms. The van der Waals surface area contributed by atoms with Crippen molar-refractivity contribution in [1.29, 1.82) is 0 Å². The molecule has 134 valence electrons. The number of hydrogen-bond donors (Lipinski definition) is 2. The lowest BCUT2D eigenvalue weighted by molar-refractivity contribution is -0.274. The van der Waals surface area contributed by atoms with E-state index in [4.69, 9.17) is 0 Å². The first-order valence-electron chi connectivity index (χ1n) is 7.67. The van der Waals surface area contributed by atoms with Crippen molar-refractivity contribution >= 4 is 23.0 Å². The van der Waals surface area contributed by atoms with Crippen molar-refractivity contribution in [2.45, 2.75) is 13.3 Å². The molecule has 2 aromatic carbocycles. The van der Waals surface area contributed by atoms with Crippen molar-refractivity contribution in [2.75, 3.05) is 15.3 Å². The van der Waals surface area contributed by atoms with Gasteiger partial charge in [0.1, 0.15) is 11.4 Å². The highest BCUT2D eigenvalue weighted by Gasteiger charge is 2.39. The van der Waals surface area contributed by atoms with Gasteiger partial charge in [0, 0.05) is 5.70 Å².